The Hall–Kier alpha value is -0.300. The molecule has 90 valence electrons. The quantitative estimate of drug-likeness (QED) is 0.626. The van der Waals surface area contributed by atoms with Gasteiger partial charge in [0.2, 0.25) is 0 Å². The highest BCUT2D eigenvalue weighted by molar-refractivity contribution is 4.92. The van der Waals surface area contributed by atoms with Crippen molar-refractivity contribution < 1.29 is 4.74 Å². The molecule has 0 aromatic heterocycles. The molecule has 0 aliphatic carbocycles. The van der Waals surface area contributed by atoms with E-state index in [2.05, 4.69) is 60.6 Å². The Bertz CT molecular complexity index is 190. The molecule has 0 fully saturated rings. The van der Waals surface area contributed by atoms with E-state index in [1.807, 2.05) is 0 Å². The number of hydrogen-bond donors (Lipinski definition) is 0. The molecule has 0 rings (SSSR count). The van der Waals surface area contributed by atoms with Gasteiger partial charge in [0, 0.05) is 0 Å². The summed E-state index contributed by atoms with van der Waals surface area (Å²) in [6, 6.07) is 0. The first-order chi connectivity index (χ1) is 6.60. The average molecular weight is 212 g/mol. The van der Waals surface area contributed by atoms with Gasteiger partial charge in [-0.05, 0) is 38.5 Å². The zero-order valence-electron chi connectivity index (χ0n) is 11.6. The van der Waals surface area contributed by atoms with Gasteiger partial charge in [-0.1, -0.05) is 39.8 Å². The molecule has 0 saturated heterocycles. The van der Waals surface area contributed by atoms with Gasteiger partial charge in [0.25, 0.3) is 0 Å². The monoisotopic (exact) mass is 212 g/mol. The van der Waals surface area contributed by atoms with Crippen molar-refractivity contribution in [1.29, 1.82) is 0 Å². The lowest BCUT2D eigenvalue weighted by molar-refractivity contribution is -0.0190. The predicted molar refractivity (Wildman–Crippen MR) is 68.1 cm³/mol. The van der Waals surface area contributed by atoms with Crippen molar-refractivity contribution in [3.63, 3.8) is 0 Å². The van der Waals surface area contributed by atoms with Gasteiger partial charge >= 0.3 is 0 Å². The Morgan fingerprint density at radius 1 is 1.07 bits per heavy atom. The van der Waals surface area contributed by atoms with Crippen LogP contribution in [0, 0.1) is 11.3 Å². The highest BCUT2D eigenvalue weighted by Gasteiger charge is 2.12. The molecule has 1 nitrogen and oxygen atoms in total. The minimum absolute atomic E-state index is 0.0119. The summed E-state index contributed by atoms with van der Waals surface area (Å²) in [5.74, 6) is 0.600. The molecule has 0 heterocycles. The molecule has 0 amide bonds. The van der Waals surface area contributed by atoms with E-state index in [-0.39, 0.29) is 5.60 Å². The molecule has 15 heavy (non-hydrogen) atoms. The molecule has 0 radical (unpaired) electrons. The van der Waals surface area contributed by atoms with E-state index in [1.165, 1.54) is 0 Å². The molecule has 1 heteroatoms. The summed E-state index contributed by atoms with van der Waals surface area (Å²) in [4.78, 5) is 0. The van der Waals surface area contributed by atoms with Crippen molar-refractivity contribution >= 4 is 0 Å². The van der Waals surface area contributed by atoms with Gasteiger partial charge in [-0.15, -0.1) is 0 Å². The summed E-state index contributed by atoms with van der Waals surface area (Å²) in [7, 11) is 0. The van der Waals surface area contributed by atoms with E-state index >= 15 is 0 Å². The second-order valence-electron chi connectivity index (χ2n) is 6.53. The van der Waals surface area contributed by atoms with Crippen molar-refractivity contribution in [2.24, 2.45) is 11.3 Å². The van der Waals surface area contributed by atoms with Crippen molar-refractivity contribution in [2.75, 3.05) is 6.61 Å². The van der Waals surface area contributed by atoms with Crippen molar-refractivity contribution in [1.82, 2.24) is 0 Å². The fourth-order valence-electron chi connectivity index (χ4n) is 1.11. The lowest BCUT2D eigenvalue weighted by Gasteiger charge is -2.22. The standard InChI is InChI=1S/C14H28O/c1-12(11-15-14(5,6)7)9-8-10-13(2,3)4/h8,10,12H,9,11H2,1-7H3. The SMILES string of the molecule is CC(CC=CC(C)(C)C)COC(C)(C)C. The fourth-order valence-corrected chi connectivity index (χ4v) is 1.11. The van der Waals surface area contributed by atoms with E-state index < -0.39 is 0 Å². The van der Waals surface area contributed by atoms with Gasteiger partial charge in [0.1, 0.15) is 0 Å². The zero-order valence-corrected chi connectivity index (χ0v) is 11.6. The molecule has 0 N–H and O–H groups in total. The molecular weight excluding hydrogens is 184 g/mol. The Balaban J connectivity index is 3.76. The molecule has 0 saturated carbocycles. The second kappa shape index (κ2) is 5.69. The normalized spacial score (nSPS) is 15.9. The van der Waals surface area contributed by atoms with Gasteiger partial charge < -0.3 is 4.74 Å². The molecule has 1 atom stereocenters. The topological polar surface area (TPSA) is 9.23 Å². The van der Waals surface area contributed by atoms with E-state index in [9.17, 15) is 0 Å². The van der Waals surface area contributed by atoms with Gasteiger partial charge in [-0.2, -0.15) is 0 Å². The maximum Gasteiger partial charge on any atom is 0.0598 e. The van der Waals surface area contributed by atoms with Crippen LogP contribution in [0.4, 0.5) is 0 Å². The van der Waals surface area contributed by atoms with Crippen LogP contribution in [0.1, 0.15) is 54.9 Å². The highest BCUT2D eigenvalue weighted by atomic mass is 16.5. The highest BCUT2D eigenvalue weighted by Crippen LogP contribution is 2.17. The van der Waals surface area contributed by atoms with Crippen LogP contribution in [-0.2, 0) is 4.74 Å². The van der Waals surface area contributed by atoms with Gasteiger partial charge in [-0.3, -0.25) is 0 Å². The predicted octanol–water partition coefficient (Wildman–Crippen LogP) is 4.43. The minimum atomic E-state index is -0.0119. The molecule has 0 bridgehead atoms. The van der Waals surface area contributed by atoms with E-state index in [1.54, 1.807) is 0 Å². The summed E-state index contributed by atoms with van der Waals surface area (Å²) in [5, 5.41) is 0. The van der Waals surface area contributed by atoms with Gasteiger partial charge in [0.15, 0.2) is 0 Å². The van der Waals surface area contributed by atoms with Crippen LogP contribution in [0.25, 0.3) is 0 Å². The third kappa shape index (κ3) is 11.6. The smallest absolute Gasteiger partial charge is 0.0598 e. The number of rotatable bonds is 4. The minimum Gasteiger partial charge on any atom is -0.376 e. The van der Waals surface area contributed by atoms with Crippen LogP contribution in [0.5, 0.6) is 0 Å². The first-order valence-electron chi connectivity index (χ1n) is 5.92. The molecule has 0 aliphatic rings. The molecule has 1 unspecified atom stereocenters. The van der Waals surface area contributed by atoms with Crippen LogP contribution in [-0.4, -0.2) is 12.2 Å². The third-order valence-corrected chi connectivity index (χ3v) is 1.96. The largest absolute Gasteiger partial charge is 0.376 e. The zero-order chi connectivity index (χ0) is 12.1. The first kappa shape index (κ1) is 14.7. The summed E-state index contributed by atoms with van der Waals surface area (Å²) in [6.07, 6.45) is 5.66. The van der Waals surface area contributed by atoms with Crippen LogP contribution in [0.2, 0.25) is 0 Å². The maximum atomic E-state index is 5.74. The molecule has 0 spiro atoms. The average Bonchev–Trinajstić information content (AvgIpc) is 1.97. The van der Waals surface area contributed by atoms with E-state index in [0.717, 1.165) is 13.0 Å². The first-order valence-corrected chi connectivity index (χ1v) is 5.92. The summed E-state index contributed by atoms with van der Waals surface area (Å²) < 4.78 is 5.74. The van der Waals surface area contributed by atoms with Gasteiger partial charge in [-0.25, -0.2) is 0 Å². The number of allylic oxidation sites excluding steroid dienone is 2. The van der Waals surface area contributed by atoms with Crippen molar-refractivity contribution in [3.8, 4) is 0 Å². The number of ether oxygens (including phenoxy) is 1. The van der Waals surface area contributed by atoms with E-state index in [0.29, 0.717) is 11.3 Å². The lowest BCUT2D eigenvalue weighted by atomic mass is 9.95. The summed E-state index contributed by atoms with van der Waals surface area (Å²) in [5.41, 5.74) is 0.284. The lowest BCUT2D eigenvalue weighted by Crippen LogP contribution is -2.22. The Kier molecular flexibility index (Phi) is 5.58. The Labute approximate surface area is 95.9 Å². The molecule has 0 aromatic carbocycles. The van der Waals surface area contributed by atoms with Crippen LogP contribution >= 0.6 is 0 Å². The maximum absolute atomic E-state index is 5.74. The second-order valence-corrected chi connectivity index (χ2v) is 6.53. The van der Waals surface area contributed by atoms with E-state index in [4.69, 9.17) is 4.74 Å². The summed E-state index contributed by atoms with van der Waals surface area (Å²) >= 11 is 0. The van der Waals surface area contributed by atoms with Gasteiger partial charge in [0.05, 0.1) is 12.2 Å². The molecule has 0 aromatic rings. The van der Waals surface area contributed by atoms with Crippen molar-refractivity contribution in [3.05, 3.63) is 12.2 Å². The van der Waals surface area contributed by atoms with Crippen molar-refractivity contribution in [2.45, 2.75) is 60.5 Å². The third-order valence-electron chi connectivity index (χ3n) is 1.96. The molecule has 0 aliphatic heterocycles. The van der Waals surface area contributed by atoms with Crippen LogP contribution in [0.3, 0.4) is 0 Å². The Morgan fingerprint density at radius 3 is 2.00 bits per heavy atom. The molecular formula is C14H28O. The fraction of sp³-hybridized carbons (Fsp3) is 0.857. The van der Waals surface area contributed by atoms with Crippen LogP contribution < -0.4 is 0 Å². The number of hydrogen-bond acceptors (Lipinski definition) is 1. The summed E-state index contributed by atoms with van der Waals surface area (Å²) in [6.45, 7) is 16.1. The Morgan fingerprint density at radius 2 is 1.60 bits per heavy atom. The van der Waals surface area contributed by atoms with Crippen LogP contribution in [0.15, 0.2) is 12.2 Å².